The third-order valence-electron chi connectivity index (χ3n) is 3.41. The lowest BCUT2D eigenvalue weighted by molar-refractivity contribution is 1.20. The van der Waals surface area contributed by atoms with Gasteiger partial charge in [0.25, 0.3) is 0 Å². The summed E-state index contributed by atoms with van der Waals surface area (Å²) in [6.45, 7) is 0. The van der Waals surface area contributed by atoms with E-state index in [9.17, 15) is 0 Å². The van der Waals surface area contributed by atoms with E-state index in [0.29, 0.717) is 10.0 Å². The highest BCUT2D eigenvalue weighted by Gasteiger charge is 2.17. The van der Waals surface area contributed by atoms with E-state index in [1.54, 1.807) is 6.07 Å². The van der Waals surface area contributed by atoms with Gasteiger partial charge in [-0.15, -0.1) is 0 Å². The second kappa shape index (κ2) is 6.18. The first-order chi connectivity index (χ1) is 10.1. The predicted molar refractivity (Wildman–Crippen MR) is 96.2 cm³/mol. The van der Waals surface area contributed by atoms with Gasteiger partial charge in [-0.3, -0.25) is 0 Å². The Morgan fingerprint density at radius 2 is 1.38 bits per heavy atom. The maximum absolute atomic E-state index is 6.31. The molecular formula is C17H10BrCl3. The molecule has 3 rings (SSSR count). The van der Waals surface area contributed by atoms with Gasteiger partial charge in [0.15, 0.2) is 0 Å². The highest BCUT2D eigenvalue weighted by molar-refractivity contribution is 9.09. The molecule has 0 amide bonds. The number of hydrogen-bond donors (Lipinski definition) is 0. The summed E-state index contributed by atoms with van der Waals surface area (Å²) in [5.41, 5.74) is 2.05. The zero-order chi connectivity index (χ0) is 15.0. The summed E-state index contributed by atoms with van der Waals surface area (Å²) in [5, 5.41) is 4.21. The van der Waals surface area contributed by atoms with E-state index in [1.165, 1.54) is 0 Å². The van der Waals surface area contributed by atoms with Crippen molar-refractivity contribution in [2.45, 2.75) is 4.83 Å². The number of benzene rings is 3. The molecule has 0 bridgehead atoms. The van der Waals surface area contributed by atoms with Gasteiger partial charge in [-0.25, -0.2) is 0 Å². The minimum absolute atomic E-state index is 0.0501. The first kappa shape index (κ1) is 15.2. The minimum atomic E-state index is -0.0501. The largest absolute Gasteiger partial charge is 0.0843 e. The van der Waals surface area contributed by atoms with Gasteiger partial charge in [0.1, 0.15) is 0 Å². The fourth-order valence-electron chi connectivity index (χ4n) is 2.38. The number of halogens is 4. The molecule has 0 aromatic heterocycles. The van der Waals surface area contributed by atoms with Gasteiger partial charge in [0.05, 0.1) is 4.83 Å². The highest BCUT2D eigenvalue weighted by Crippen LogP contribution is 2.40. The number of rotatable bonds is 2. The molecule has 3 aromatic carbocycles. The van der Waals surface area contributed by atoms with Crippen LogP contribution in [0.1, 0.15) is 16.0 Å². The van der Waals surface area contributed by atoms with Gasteiger partial charge in [-0.2, -0.15) is 0 Å². The third-order valence-corrected chi connectivity index (χ3v) is 5.30. The molecule has 3 aromatic rings. The average molecular weight is 401 g/mol. The van der Waals surface area contributed by atoms with Crippen molar-refractivity contribution < 1.29 is 0 Å². The number of alkyl halides is 1. The molecule has 0 aliphatic carbocycles. The van der Waals surface area contributed by atoms with E-state index in [1.807, 2.05) is 42.5 Å². The van der Waals surface area contributed by atoms with Gasteiger partial charge < -0.3 is 0 Å². The molecule has 0 fully saturated rings. The molecular weight excluding hydrogens is 390 g/mol. The van der Waals surface area contributed by atoms with Crippen LogP contribution in [0.4, 0.5) is 0 Å². The molecule has 0 heterocycles. The van der Waals surface area contributed by atoms with E-state index in [-0.39, 0.29) is 4.83 Å². The van der Waals surface area contributed by atoms with Crippen LogP contribution >= 0.6 is 50.7 Å². The molecule has 1 atom stereocenters. The fraction of sp³-hybridized carbons (Fsp3) is 0.0588. The van der Waals surface area contributed by atoms with Crippen molar-refractivity contribution in [3.8, 4) is 0 Å². The minimum Gasteiger partial charge on any atom is -0.0843 e. The number of hydrogen-bond acceptors (Lipinski definition) is 0. The first-order valence-electron chi connectivity index (χ1n) is 6.34. The van der Waals surface area contributed by atoms with Crippen LogP contribution in [0, 0.1) is 0 Å². The van der Waals surface area contributed by atoms with Crippen molar-refractivity contribution in [2.24, 2.45) is 0 Å². The van der Waals surface area contributed by atoms with E-state index in [0.717, 1.165) is 26.9 Å². The van der Waals surface area contributed by atoms with Crippen LogP contribution in [0.5, 0.6) is 0 Å². The number of fused-ring (bicyclic) bond motifs is 1. The van der Waals surface area contributed by atoms with Crippen molar-refractivity contribution in [2.75, 3.05) is 0 Å². The van der Waals surface area contributed by atoms with E-state index in [2.05, 4.69) is 22.0 Å². The van der Waals surface area contributed by atoms with Crippen LogP contribution in [0.15, 0.2) is 54.6 Å². The molecule has 1 unspecified atom stereocenters. The van der Waals surface area contributed by atoms with Crippen LogP contribution < -0.4 is 0 Å². The van der Waals surface area contributed by atoms with Crippen LogP contribution in [-0.4, -0.2) is 0 Å². The van der Waals surface area contributed by atoms with Crippen molar-refractivity contribution in [1.82, 2.24) is 0 Å². The molecule has 0 saturated heterocycles. The molecule has 21 heavy (non-hydrogen) atoms. The monoisotopic (exact) mass is 398 g/mol. The van der Waals surface area contributed by atoms with Crippen LogP contribution in [0.2, 0.25) is 15.1 Å². The lowest BCUT2D eigenvalue weighted by Crippen LogP contribution is -1.95. The Labute approximate surface area is 146 Å². The normalized spacial score (nSPS) is 12.6. The Morgan fingerprint density at radius 1 is 0.714 bits per heavy atom. The van der Waals surface area contributed by atoms with Gasteiger partial charge in [-0.1, -0.05) is 81.1 Å². The SMILES string of the molecule is Clc1ccc(Cl)c(C(Br)c2ccc(Cl)c3ccccc23)c1. The lowest BCUT2D eigenvalue weighted by Gasteiger charge is -2.16. The second-order valence-corrected chi connectivity index (χ2v) is 6.88. The Balaban J connectivity index is 2.20. The summed E-state index contributed by atoms with van der Waals surface area (Å²) in [7, 11) is 0. The summed E-state index contributed by atoms with van der Waals surface area (Å²) in [4.78, 5) is -0.0501. The molecule has 0 aliphatic heterocycles. The summed E-state index contributed by atoms with van der Waals surface area (Å²) in [6.07, 6.45) is 0. The zero-order valence-corrected chi connectivity index (χ0v) is 14.6. The molecule has 0 radical (unpaired) electrons. The van der Waals surface area contributed by atoms with Crippen molar-refractivity contribution in [3.05, 3.63) is 80.8 Å². The van der Waals surface area contributed by atoms with Gasteiger partial charge in [-0.05, 0) is 40.8 Å². The Kier molecular flexibility index (Phi) is 4.46. The van der Waals surface area contributed by atoms with Crippen LogP contribution in [0.25, 0.3) is 10.8 Å². The molecule has 0 saturated carbocycles. The predicted octanol–water partition coefficient (Wildman–Crippen LogP) is 7.28. The van der Waals surface area contributed by atoms with Gasteiger partial charge >= 0.3 is 0 Å². The Hall–Kier alpha value is -0.730. The Bertz CT molecular complexity index is 814. The second-order valence-electron chi connectivity index (χ2n) is 4.71. The van der Waals surface area contributed by atoms with E-state index < -0.39 is 0 Å². The quantitative estimate of drug-likeness (QED) is 0.396. The molecule has 0 spiro atoms. The standard InChI is InChI=1S/C17H10BrCl3/c18-17(14-9-10(19)5-7-16(14)21)13-6-8-15(20)12-4-2-1-3-11(12)13/h1-9,17H. The van der Waals surface area contributed by atoms with E-state index >= 15 is 0 Å². The van der Waals surface area contributed by atoms with E-state index in [4.69, 9.17) is 34.8 Å². The zero-order valence-electron chi connectivity index (χ0n) is 10.8. The highest BCUT2D eigenvalue weighted by atomic mass is 79.9. The summed E-state index contributed by atoms with van der Waals surface area (Å²) in [6, 6.07) is 17.5. The molecule has 4 heteroatoms. The van der Waals surface area contributed by atoms with Crippen molar-refractivity contribution >= 4 is 61.5 Å². The summed E-state index contributed by atoms with van der Waals surface area (Å²) < 4.78 is 0. The third kappa shape index (κ3) is 2.93. The molecule has 0 N–H and O–H groups in total. The van der Waals surface area contributed by atoms with Gasteiger partial charge in [0, 0.05) is 20.5 Å². The molecule has 106 valence electrons. The Morgan fingerprint density at radius 3 is 2.14 bits per heavy atom. The smallest absolute Gasteiger partial charge is 0.0665 e. The summed E-state index contributed by atoms with van der Waals surface area (Å²) in [5.74, 6) is 0. The maximum Gasteiger partial charge on any atom is 0.0665 e. The summed E-state index contributed by atoms with van der Waals surface area (Å²) >= 11 is 22.4. The van der Waals surface area contributed by atoms with Crippen LogP contribution in [-0.2, 0) is 0 Å². The average Bonchev–Trinajstić information content (AvgIpc) is 2.50. The van der Waals surface area contributed by atoms with Crippen molar-refractivity contribution in [3.63, 3.8) is 0 Å². The van der Waals surface area contributed by atoms with Crippen LogP contribution in [0.3, 0.4) is 0 Å². The lowest BCUT2D eigenvalue weighted by atomic mass is 9.98. The fourth-order valence-corrected chi connectivity index (χ4v) is 3.93. The van der Waals surface area contributed by atoms with Crippen molar-refractivity contribution in [1.29, 1.82) is 0 Å². The molecule has 0 nitrogen and oxygen atoms in total. The molecule has 0 aliphatic rings. The maximum atomic E-state index is 6.31. The first-order valence-corrected chi connectivity index (χ1v) is 8.39. The topological polar surface area (TPSA) is 0 Å². The van der Waals surface area contributed by atoms with Gasteiger partial charge in [0.2, 0.25) is 0 Å².